The minimum absolute atomic E-state index is 0. The Morgan fingerprint density at radius 3 is 2.52 bits per heavy atom. The summed E-state index contributed by atoms with van der Waals surface area (Å²) in [4.78, 5) is 9.74. The number of halogens is 2. The van der Waals surface area contributed by atoms with E-state index in [0.29, 0.717) is 25.7 Å². The lowest BCUT2D eigenvalue weighted by Gasteiger charge is -2.35. The largest absolute Gasteiger partial charge is 0.379 e. The number of hydrogen-bond acceptors (Lipinski definition) is 5. The molecule has 3 rings (SSSR count). The highest BCUT2D eigenvalue weighted by atomic mass is 127. The van der Waals surface area contributed by atoms with E-state index in [0.717, 1.165) is 63.9 Å². The number of nitrogens with zero attached hydrogens (tertiary/aromatic N) is 3. The summed E-state index contributed by atoms with van der Waals surface area (Å²) in [6, 6.07) is 6.87. The van der Waals surface area contributed by atoms with E-state index in [1.807, 2.05) is 12.1 Å². The van der Waals surface area contributed by atoms with Gasteiger partial charge in [0, 0.05) is 45.8 Å². The van der Waals surface area contributed by atoms with Crippen molar-refractivity contribution in [2.45, 2.75) is 32.9 Å². The lowest BCUT2D eigenvalue weighted by Crippen LogP contribution is -2.50. The van der Waals surface area contributed by atoms with E-state index in [1.165, 1.54) is 12.1 Å². The first-order valence-electron chi connectivity index (χ1n) is 12.0. The molecule has 1 aromatic carbocycles. The van der Waals surface area contributed by atoms with Crippen LogP contribution in [0, 0.1) is 11.7 Å². The molecule has 9 heteroatoms. The van der Waals surface area contributed by atoms with E-state index in [1.54, 1.807) is 0 Å². The molecule has 2 aliphatic rings. The van der Waals surface area contributed by atoms with Gasteiger partial charge in [0.2, 0.25) is 0 Å². The van der Waals surface area contributed by atoms with Gasteiger partial charge in [0.1, 0.15) is 5.82 Å². The van der Waals surface area contributed by atoms with Crippen LogP contribution in [0.1, 0.15) is 32.4 Å². The lowest BCUT2D eigenvalue weighted by molar-refractivity contribution is -0.0284. The van der Waals surface area contributed by atoms with E-state index in [2.05, 4.69) is 41.2 Å². The molecule has 0 radical (unpaired) electrons. The van der Waals surface area contributed by atoms with Crippen LogP contribution in [0.3, 0.4) is 0 Å². The third-order valence-electron chi connectivity index (χ3n) is 5.85. The molecule has 188 valence electrons. The third-order valence-corrected chi connectivity index (χ3v) is 5.85. The maximum Gasteiger partial charge on any atom is 0.191 e. The standard InChI is InChI=1S/C24H40FN5O2.HI/c1-4-26-24(27-15-22-18-29(9-14-32-22)17-19(2)3)28-16-23(30-10-12-31-13-11-30)20-5-7-21(25)8-6-20;/h5-8,19,22-23H,4,9-18H2,1-3H3,(H2,26,27,28);1H. The number of hydrogen-bond donors (Lipinski definition) is 2. The summed E-state index contributed by atoms with van der Waals surface area (Å²) in [5, 5.41) is 6.82. The van der Waals surface area contributed by atoms with E-state index in [9.17, 15) is 4.39 Å². The summed E-state index contributed by atoms with van der Waals surface area (Å²) in [7, 11) is 0. The molecular formula is C24H41FIN5O2. The molecule has 0 aromatic heterocycles. The summed E-state index contributed by atoms with van der Waals surface area (Å²) in [5.74, 6) is 1.23. The first-order valence-corrected chi connectivity index (χ1v) is 12.0. The van der Waals surface area contributed by atoms with Gasteiger partial charge >= 0.3 is 0 Å². The Bertz CT molecular complexity index is 701. The van der Waals surface area contributed by atoms with Gasteiger partial charge in [-0.25, -0.2) is 4.39 Å². The Hall–Kier alpha value is -1.01. The van der Waals surface area contributed by atoms with Crippen molar-refractivity contribution < 1.29 is 13.9 Å². The molecule has 2 unspecified atom stereocenters. The second kappa shape index (κ2) is 15.1. The molecular weight excluding hydrogens is 536 g/mol. The van der Waals surface area contributed by atoms with Crippen LogP contribution in [0.2, 0.25) is 0 Å². The van der Waals surface area contributed by atoms with Crippen LogP contribution in [0.25, 0.3) is 0 Å². The van der Waals surface area contributed by atoms with Crippen LogP contribution in [-0.2, 0) is 9.47 Å². The van der Waals surface area contributed by atoms with Crippen LogP contribution >= 0.6 is 24.0 Å². The minimum atomic E-state index is -0.216. The van der Waals surface area contributed by atoms with Gasteiger partial charge in [0.15, 0.2) is 5.96 Å². The molecule has 1 aromatic rings. The van der Waals surface area contributed by atoms with Crippen LogP contribution in [-0.4, -0.2) is 94.0 Å². The van der Waals surface area contributed by atoms with Crippen LogP contribution in [0.15, 0.2) is 29.3 Å². The second-order valence-corrected chi connectivity index (χ2v) is 8.96. The Kier molecular flexibility index (Phi) is 12.9. The highest BCUT2D eigenvalue weighted by molar-refractivity contribution is 14.0. The smallest absolute Gasteiger partial charge is 0.191 e. The zero-order chi connectivity index (χ0) is 22.8. The van der Waals surface area contributed by atoms with Gasteiger partial charge in [0.05, 0.1) is 38.5 Å². The molecule has 0 aliphatic carbocycles. The van der Waals surface area contributed by atoms with E-state index in [4.69, 9.17) is 14.5 Å². The Morgan fingerprint density at radius 2 is 1.85 bits per heavy atom. The van der Waals surface area contributed by atoms with Gasteiger partial charge in [-0.05, 0) is 30.5 Å². The third kappa shape index (κ3) is 9.64. The maximum absolute atomic E-state index is 13.5. The monoisotopic (exact) mass is 577 g/mol. The van der Waals surface area contributed by atoms with Gasteiger partial charge in [0.25, 0.3) is 0 Å². The SMILES string of the molecule is CCNC(=NCC(c1ccc(F)cc1)N1CCOCC1)NCC1CN(CC(C)C)CCO1.I. The number of nitrogens with one attached hydrogen (secondary N) is 2. The van der Waals surface area contributed by atoms with Crippen molar-refractivity contribution in [3.05, 3.63) is 35.6 Å². The molecule has 0 amide bonds. The Balaban J connectivity index is 0.00000385. The predicted octanol–water partition coefficient (Wildman–Crippen LogP) is 2.73. The quantitative estimate of drug-likeness (QED) is 0.268. The number of rotatable bonds is 9. The highest BCUT2D eigenvalue weighted by Gasteiger charge is 2.24. The number of ether oxygens (including phenoxy) is 2. The summed E-state index contributed by atoms with van der Waals surface area (Å²) in [5.41, 5.74) is 1.08. The molecule has 2 heterocycles. The zero-order valence-electron chi connectivity index (χ0n) is 20.3. The van der Waals surface area contributed by atoms with Crippen molar-refractivity contribution in [2.24, 2.45) is 10.9 Å². The molecule has 0 saturated carbocycles. The van der Waals surface area contributed by atoms with Crippen molar-refractivity contribution in [3.63, 3.8) is 0 Å². The van der Waals surface area contributed by atoms with Crippen molar-refractivity contribution in [3.8, 4) is 0 Å². The van der Waals surface area contributed by atoms with Gasteiger partial charge in [-0.15, -0.1) is 24.0 Å². The van der Waals surface area contributed by atoms with Crippen molar-refractivity contribution in [1.82, 2.24) is 20.4 Å². The topological polar surface area (TPSA) is 61.4 Å². The van der Waals surface area contributed by atoms with Crippen molar-refractivity contribution in [2.75, 3.05) is 72.2 Å². The predicted molar refractivity (Wildman–Crippen MR) is 142 cm³/mol. The molecule has 2 N–H and O–H groups in total. The summed E-state index contributed by atoms with van der Waals surface area (Å²) >= 11 is 0. The first kappa shape index (κ1) is 28.2. The zero-order valence-corrected chi connectivity index (χ0v) is 22.6. The van der Waals surface area contributed by atoms with E-state index < -0.39 is 0 Å². The highest BCUT2D eigenvalue weighted by Crippen LogP contribution is 2.22. The summed E-state index contributed by atoms with van der Waals surface area (Å²) < 4.78 is 25.0. The molecule has 0 spiro atoms. The Labute approximate surface area is 215 Å². The number of morpholine rings is 2. The van der Waals surface area contributed by atoms with E-state index in [-0.39, 0.29) is 41.9 Å². The van der Waals surface area contributed by atoms with Gasteiger partial charge in [-0.2, -0.15) is 0 Å². The summed E-state index contributed by atoms with van der Waals surface area (Å²) in [6.45, 7) is 15.6. The van der Waals surface area contributed by atoms with Gasteiger partial charge in [-0.3, -0.25) is 14.8 Å². The summed E-state index contributed by atoms with van der Waals surface area (Å²) in [6.07, 6.45) is 0.151. The molecule has 2 saturated heterocycles. The number of benzene rings is 1. The molecule has 7 nitrogen and oxygen atoms in total. The fourth-order valence-corrected chi connectivity index (χ4v) is 4.32. The Morgan fingerprint density at radius 1 is 1.12 bits per heavy atom. The molecule has 33 heavy (non-hydrogen) atoms. The van der Waals surface area contributed by atoms with Crippen LogP contribution in [0.5, 0.6) is 0 Å². The van der Waals surface area contributed by atoms with Gasteiger partial charge in [-0.1, -0.05) is 26.0 Å². The minimum Gasteiger partial charge on any atom is -0.379 e. The van der Waals surface area contributed by atoms with Crippen LogP contribution in [0.4, 0.5) is 4.39 Å². The first-order chi connectivity index (χ1) is 15.5. The normalized spacial score (nSPS) is 21.5. The lowest BCUT2D eigenvalue weighted by atomic mass is 10.0. The average molecular weight is 578 g/mol. The number of guanidine groups is 1. The molecule has 2 atom stereocenters. The fraction of sp³-hybridized carbons (Fsp3) is 0.708. The maximum atomic E-state index is 13.5. The molecule has 2 fully saturated rings. The molecule has 2 aliphatic heterocycles. The average Bonchev–Trinajstić information content (AvgIpc) is 2.79. The van der Waals surface area contributed by atoms with Crippen molar-refractivity contribution >= 4 is 29.9 Å². The van der Waals surface area contributed by atoms with E-state index >= 15 is 0 Å². The van der Waals surface area contributed by atoms with Gasteiger partial charge < -0.3 is 20.1 Å². The van der Waals surface area contributed by atoms with Crippen LogP contribution < -0.4 is 10.6 Å². The fourth-order valence-electron chi connectivity index (χ4n) is 4.32. The van der Waals surface area contributed by atoms with Crippen molar-refractivity contribution in [1.29, 1.82) is 0 Å². The second-order valence-electron chi connectivity index (χ2n) is 8.96. The number of aliphatic imine (C=N–C) groups is 1. The molecule has 0 bridgehead atoms.